The molecule has 2 aromatic rings. The van der Waals surface area contributed by atoms with Crippen LogP contribution in [0.25, 0.3) is 10.8 Å². The van der Waals surface area contributed by atoms with Gasteiger partial charge in [0.05, 0.1) is 13.2 Å². The summed E-state index contributed by atoms with van der Waals surface area (Å²) in [5.74, 6) is 0.924. The van der Waals surface area contributed by atoms with Gasteiger partial charge in [-0.05, 0) is 36.9 Å². The van der Waals surface area contributed by atoms with Crippen LogP contribution in [0.4, 0.5) is 0 Å². The molecule has 0 saturated heterocycles. The van der Waals surface area contributed by atoms with Gasteiger partial charge in [-0.15, -0.1) is 0 Å². The van der Waals surface area contributed by atoms with Crippen LogP contribution in [-0.2, 0) is 0 Å². The zero-order valence-corrected chi connectivity index (χ0v) is 13.3. The third-order valence-corrected chi connectivity index (χ3v) is 4.10. The lowest BCUT2D eigenvalue weighted by Crippen LogP contribution is -2.31. The third-order valence-electron chi connectivity index (χ3n) is 4.10. The van der Waals surface area contributed by atoms with E-state index in [2.05, 4.69) is 49.2 Å². The first-order valence-electron chi connectivity index (χ1n) is 7.68. The summed E-state index contributed by atoms with van der Waals surface area (Å²) in [5.41, 5.74) is 7.30. The van der Waals surface area contributed by atoms with E-state index in [4.69, 9.17) is 10.5 Å². The van der Waals surface area contributed by atoms with Crippen molar-refractivity contribution in [1.29, 1.82) is 0 Å². The van der Waals surface area contributed by atoms with E-state index in [-0.39, 0.29) is 6.04 Å². The highest BCUT2D eigenvalue weighted by Gasteiger charge is 2.21. The average molecular weight is 286 g/mol. The summed E-state index contributed by atoms with van der Waals surface area (Å²) < 4.78 is 5.61. The number of methoxy groups -OCH3 is 1. The maximum absolute atomic E-state index is 6.09. The van der Waals surface area contributed by atoms with Crippen LogP contribution in [0.3, 0.4) is 0 Å². The van der Waals surface area contributed by atoms with Crippen molar-refractivity contribution >= 4 is 10.8 Å². The van der Waals surface area contributed by atoms with Gasteiger partial charge in [0.15, 0.2) is 0 Å². The van der Waals surface area contributed by atoms with Crippen LogP contribution in [0.1, 0.15) is 31.4 Å². The SMILES string of the molecule is CCCCN(C)C(CN)c1c(OC)ccc2ccccc12. The molecule has 0 aliphatic carbocycles. The van der Waals surface area contributed by atoms with E-state index in [1.54, 1.807) is 7.11 Å². The first kappa shape index (κ1) is 15.8. The van der Waals surface area contributed by atoms with Gasteiger partial charge in [-0.1, -0.05) is 43.7 Å². The maximum atomic E-state index is 6.09. The number of nitrogens with two attached hydrogens (primary N) is 1. The molecule has 114 valence electrons. The first-order valence-corrected chi connectivity index (χ1v) is 7.68. The van der Waals surface area contributed by atoms with E-state index >= 15 is 0 Å². The monoisotopic (exact) mass is 286 g/mol. The van der Waals surface area contributed by atoms with Crippen molar-refractivity contribution in [2.75, 3.05) is 27.2 Å². The summed E-state index contributed by atoms with van der Waals surface area (Å²) in [6, 6.07) is 12.8. The highest BCUT2D eigenvalue weighted by atomic mass is 16.5. The summed E-state index contributed by atoms with van der Waals surface area (Å²) in [6.07, 6.45) is 2.37. The molecule has 21 heavy (non-hydrogen) atoms. The second-order valence-electron chi connectivity index (χ2n) is 5.49. The van der Waals surface area contributed by atoms with Crippen LogP contribution in [0, 0.1) is 0 Å². The molecule has 0 aromatic heterocycles. The summed E-state index contributed by atoms with van der Waals surface area (Å²) in [4.78, 5) is 2.34. The molecule has 0 bridgehead atoms. The van der Waals surface area contributed by atoms with E-state index in [1.807, 2.05) is 6.07 Å². The maximum Gasteiger partial charge on any atom is 0.124 e. The van der Waals surface area contributed by atoms with E-state index in [0.29, 0.717) is 6.54 Å². The quantitative estimate of drug-likeness (QED) is 0.845. The molecule has 0 heterocycles. The molecule has 0 aliphatic rings. The van der Waals surface area contributed by atoms with E-state index < -0.39 is 0 Å². The van der Waals surface area contributed by atoms with Crippen LogP contribution in [-0.4, -0.2) is 32.1 Å². The van der Waals surface area contributed by atoms with E-state index in [1.165, 1.54) is 29.2 Å². The Morgan fingerprint density at radius 1 is 1.19 bits per heavy atom. The Morgan fingerprint density at radius 2 is 1.95 bits per heavy atom. The number of hydrogen-bond acceptors (Lipinski definition) is 3. The second-order valence-corrected chi connectivity index (χ2v) is 5.49. The lowest BCUT2D eigenvalue weighted by atomic mass is 9.96. The predicted molar refractivity (Wildman–Crippen MR) is 89.8 cm³/mol. The number of ether oxygens (including phenoxy) is 1. The molecule has 2 N–H and O–H groups in total. The van der Waals surface area contributed by atoms with Gasteiger partial charge in [-0.25, -0.2) is 0 Å². The molecule has 3 nitrogen and oxygen atoms in total. The summed E-state index contributed by atoms with van der Waals surface area (Å²) >= 11 is 0. The van der Waals surface area contributed by atoms with Crippen molar-refractivity contribution in [2.24, 2.45) is 5.73 Å². The van der Waals surface area contributed by atoms with Gasteiger partial charge in [-0.2, -0.15) is 0 Å². The number of fused-ring (bicyclic) bond motifs is 1. The topological polar surface area (TPSA) is 38.5 Å². The Labute approximate surface area is 127 Å². The molecule has 2 rings (SSSR count). The molecule has 0 amide bonds. The Balaban J connectivity index is 2.50. The molecule has 1 atom stereocenters. The average Bonchev–Trinajstić information content (AvgIpc) is 2.53. The van der Waals surface area contributed by atoms with Crippen molar-refractivity contribution in [3.8, 4) is 5.75 Å². The Kier molecular flexibility index (Phi) is 5.59. The fourth-order valence-corrected chi connectivity index (χ4v) is 2.88. The number of benzene rings is 2. The minimum Gasteiger partial charge on any atom is -0.496 e. The number of unbranched alkanes of at least 4 members (excludes halogenated alkanes) is 1. The molecule has 1 unspecified atom stereocenters. The van der Waals surface area contributed by atoms with E-state index in [0.717, 1.165) is 12.3 Å². The first-order chi connectivity index (χ1) is 10.2. The fraction of sp³-hybridized carbons (Fsp3) is 0.444. The molecule has 0 spiro atoms. The van der Waals surface area contributed by atoms with Crippen molar-refractivity contribution in [1.82, 2.24) is 4.90 Å². The highest BCUT2D eigenvalue weighted by molar-refractivity contribution is 5.88. The van der Waals surface area contributed by atoms with Gasteiger partial charge in [-0.3, -0.25) is 4.90 Å². The molecule has 2 aromatic carbocycles. The Hall–Kier alpha value is -1.58. The summed E-state index contributed by atoms with van der Waals surface area (Å²) in [7, 11) is 3.88. The van der Waals surface area contributed by atoms with Crippen LogP contribution < -0.4 is 10.5 Å². The van der Waals surface area contributed by atoms with Crippen molar-refractivity contribution in [3.05, 3.63) is 42.0 Å². The van der Waals surface area contributed by atoms with Gasteiger partial charge in [0.25, 0.3) is 0 Å². The van der Waals surface area contributed by atoms with Gasteiger partial charge >= 0.3 is 0 Å². The molecule has 0 saturated carbocycles. The zero-order valence-electron chi connectivity index (χ0n) is 13.3. The molecule has 0 aliphatic heterocycles. The van der Waals surface area contributed by atoms with Crippen LogP contribution in [0.5, 0.6) is 5.75 Å². The van der Waals surface area contributed by atoms with Crippen LogP contribution >= 0.6 is 0 Å². The Bertz CT molecular complexity index is 582. The molecular formula is C18H26N2O. The van der Waals surface area contributed by atoms with Crippen molar-refractivity contribution < 1.29 is 4.74 Å². The standard InChI is InChI=1S/C18H26N2O/c1-4-5-12-20(2)16(13-19)18-15-9-7-6-8-14(15)10-11-17(18)21-3/h6-11,16H,4-5,12-13,19H2,1-3H3. The molecule has 3 heteroatoms. The van der Waals surface area contributed by atoms with Crippen molar-refractivity contribution in [2.45, 2.75) is 25.8 Å². The van der Waals surface area contributed by atoms with E-state index in [9.17, 15) is 0 Å². The van der Waals surface area contributed by atoms with Gasteiger partial charge in [0.2, 0.25) is 0 Å². The predicted octanol–water partition coefficient (Wildman–Crippen LogP) is 3.58. The van der Waals surface area contributed by atoms with Gasteiger partial charge in [0.1, 0.15) is 5.75 Å². The second kappa shape index (κ2) is 7.43. The largest absolute Gasteiger partial charge is 0.496 e. The third kappa shape index (κ3) is 3.36. The number of hydrogen-bond donors (Lipinski definition) is 1. The lowest BCUT2D eigenvalue weighted by molar-refractivity contribution is 0.242. The summed E-state index contributed by atoms with van der Waals surface area (Å²) in [6.45, 7) is 3.85. The van der Waals surface area contributed by atoms with Crippen LogP contribution in [0.2, 0.25) is 0 Å². The number of likely N-dealkylation sites (N-methyl/N-ethyl adjacent to an activating group) is 1. The summed E-state index contributed by atoms with van der Waals surface area (Å²) in [5, 5.41) is 2.46. The molecule has 0 fully saturated rings. The minimum absolute atomic E-state index is 0.178. The fourth-order valence-electron chi connectivity index (χ4n) is 2.88. The van der Waals surface area contributed by atoms with Gasteiger partial charge in [0, 0.05) is 12.1 Å². The minimum atomic E-state index is 0.178. The highest BCUT2D eigenvalue weighted by Crippen LogP contribution is 2.35. The number of nitrogens with zero attached hydrogens (tertiary/aromatic N) is 1. The molecule has 0 radical (unpaired) electrons. The Morgan fingerprint density at radius 3 is 2.62 bits per heavy atom. The van der Waals surface area contributed by atoms with Crippen molar-refractivity contribution in [3.63, 3.8) is 0 Å². The van der Waals surface area contributed by atoms with Gasteiger partial charge < -0.3 is 10.5 Å². The molecular weight excluding hydrogens is 260 g/mol. The normalized spacial score (nSPS) is 12.8. The lowest BCUT2D eigenvalue weighted by Gasteiger charge is -2.29. The zero-order chi connectivity index (χ0) is 15.2. The smallest absolute Gasteiger partial charge is 0.124 e. The van der Waals surface area contributed by atoms with Crippen LogP contribution in [0.15, 0.2) is 36.4 Å². The number of rotatable bonds is 7.